The van der Waals surface area contributed by atoms with Gasteiger partial charge in [0, 0.05) is 12.9 Å². The third-order valence-corrected chi connectivity index (χ3v) is 4.29. The molecule has 0 saturated carbocycles. The molecule has 1 aromatic rings. The maximum Gasteiger partial charge on any atom is 0.277 e. The van der Waals surface area contributed by atoms with E-state index in [0.717, 1.165) is 10.8 Å². The molecule has 0 unspecified atom stereocenters. The molecule has 96 valence electrons. The lowest BCUT2D eigenvalue weighted by Crippen LogP contribution is -2.30. The number of hydrogen-bond donors (Lipinski definition) is 2. The molecule has 5 nitrogen and oxygen atoms in total. The summed E-state index contributed by atoms with van der Waals surface area (Å²) in [6, 6.07) is 0. The van der Waals surface area contributed by atoms with E-state index in [1.807, 2.05) is 0 Å². The molecule has 1 amide bonds. The number of hydrogen-bond acceptors (Lipinski definition) is 6. The molecular formula is C10H17N3O2S2. The minimum atomic E-state index is -0.310. The first-order valence-electron chi connectivity index (χ1n) is 5.18. The second-order valence-corrected chi connectivity index (χ2v) is 6.30. The number of nitrogens with one attached hydrogen (secondary N) is 1. The largest absolute Gasteiger partial charge is 0.378 e. The third kappa shape index (κ3) is 4.27. The zero-order chi connectivity index (χ0) is 12.8. The van der Waals surface area contributed by atoms with Gasteiger partial charge in [0.25, 0.3) is 5.91 Å². The Bertz CT molecular complexity index is 380. The van der Waals surface area contributed by atoms with Crippen molar-refractivity contribution in [2.75, 3.05) is 7.11 Å². The van der Waals surface area contributed by atoms with Crippen molar-refractivity contribution in [3.05, 3.63) is 15.6 Å². The van der Waals surface area contributed by atoms with Crippen LogP contribution >= 0.6 is 23.1 Å². The van der Waals surface area contributed by atoms with Gasteiger partial charge >= 0.3 is 0 Å². The van der Waals surface area contributed by atoms with E-state index in [2.05, 4.69) is 24.3 Å². The van der Waals surface area contributed by atoms with Crippen LogP contribution in [0.4, 0.5) is 0 Å². The van der Waals surface area contributed by atoms with Crippen LogP contribution in [0.1, 0.15) is 34.2 Å². The second kappa shape index (κ2) is 6.95. The molecule has 0 saturated heterocycles. The first-order valence-corrected chi connectivity index (χ1v) is 7.05. The summed E-state index contributed by atoms with van der Waals surface area (Å²) in [4.78, 5) is 16.5. The second-order valence-electron chi connectivity index (χ2n) is 3.65. The molecule has 0 fully saturated rings. The lowest BCUT2D eigenvalue weighted by molar-refractivity contribution is 0.0952. The smallest absolute Gasteiger partial charge is 0.277 e. The van der Waals surface area contributed by atoms with Crippen molar-refractivity contribution in [3.8, 4) is 0 Å². The molecule has 7 heteroatoms. The van der Waals surface area contributed by atoms with Crippen LogP contribution in [0.3, 0.4) is 0 Å². The van der Waals surface area contributed by atoms with Crippen LogP contribution in [-0.2, 0) is 17.1 Å². The van der Waals surface area contributed by atoms with E-state index in [1.54, 1.807) is 18.9 Å². The topological polar surface area (TPSA) is 77.2 Å². The molecule has 0 aromatic carbocycles. The number of carbonyl (C=O) groups is 1. The predicted octanol–water partition coefficient (Wildman–Crippen LogP) is 1.53. The van der Waals surface area contributed by atoms with Crippen molar-refractivity contribution in [1.82, 2.24) is 10.4 Å². The highest BCUT2D eigenvalue weighted by atomic mass is 32.2. The Kier molecular flexibility index (Phi) is 5.90. The minimum absolute atomic E-state index is 0.310. The third-order valence-electron chi connectivity index (χ3n) is 1.90. The van der Waals surface area contributed by atoms with E-state index in [1.165, 1.54) is 11.3 Å². The summed E-state index contributed by atoms with van der Waals surface area (Å²) in [6.07, 6.45) is 0. The van der Waals surface area contributed by atoms with E-state index in [0.29, 0.717) is 22.4 Å². The number of thiazole rings is 1. The number of carbonyl (C=O) groups excluding carboxylic acids is 1. The van der Waals surface area contributed by atoms with Crippen molar-refractivity contribution in [1.29, 1.82) is 0 Å². The number of thioether (sulfide) groups is 1. The van der Waals surface area contributed by atoms with Gasteiger partial charge < -0.3 is 4.74 Å². The molecule has 1 aromatic heterocycles. The van der Waals surface area contributed by atoms with Gasteiger partial charge in [0.2, 0.25) is 0 Å². The fourth-order valence-corrected chi connectivity index (χ4v) is 2.92. The lowest BCUT2D eigenvalue weighted by atomic mass is 10.3. The van der Waals surface area contributed by atoms with E-state index in [4.69, 9.17) is 10.6 Å². The van der Waals surface area contributed by atoms with Crippen molar-refractivity contribution in [2.24, 2.45) is 5.84 Å². The number of ether oxygens (including phenoxy) is 1. The van der Waals surface area contributed by atoms with Crippen LogP contribution in [0.15, 0.2) is 0 Å². The molecule has 0 atom stereocenters. The molecule has 1 heterocycles. The molecule has 17 heavy (non-hydrogen) atoms. The van der Waals surface area contributed by atoms with Gasteiger partial charge in [-0.05, 0) is 5.25 Å². The molecule has 0 aliphatic rings. The SMILES string of the molecule is COCc1nc(CSC(C)C)sc1C(=O)NN. The Balaban J connectivity index is 2.83. The van der Waals surface area contributed by atoms with Crippen molar-refractivity contribution in [2.45, 2.75) is 31.5 Å². The van der Waals surface area contributed by atoms with Crippen LogP contribution in [0.2, 0.25) is 0 Å². The highest BCUT2D eigenvalue weighted by Crippen LogP contribution is 2.24. The summed E-state index contributed by atoms with van der Waals surface area (Å²) in [5.74, 6) is 5.63. The predicted molar refractivity (Wildman–Crippen MR) is 70.9 cm³/mol. The number of nitrogen functional groups attached to an aromatic ring is 1. The summed E-state index contributed by atoms with van der Waals surface area (Å²) in [5, 5.41) is 1.46. The number of methoxy groups -OCH3 is 1. The zero-order valence-electron chi connectivity index (χ0n) is 10.1. The average molecular weight is 275 g/mol. The average Bonchev–Trinajstić information content (AvgIpc) is 2.69. The van der Waals surface area contributed by atoms with E-state index in [9.17, 15) is 4.79 Å². The standard InChI is InChI=1S/C10H17N3O2S2/c1-6(2)16-5-8-12-7(4-15-3)9(17-8)10(14)13-11/h6H,4-5,11H2,1-3H3,(H,13,14). The first-order chi connectivity index (χ1) is 8.08. The maximum atomic E-state index is 11.5. The number of rotatable bonds is 6. The summed E-state index contributed by atoms with van der Waals surface area (Å²) < 4.78 is 5.02. The van der Waals surface area contributed by atoms with Crippen molar-refractivity contribution < 1.29 is 9.53 Å². The van der Waals surface area contributed by atoms with E-state index >= 15 is 0 Å². The summed E-state index contributed by atoms with van der Waals surface area (Å²) in [5.41, 5.74) is 2.78. The Morgan fingerprint density at radius 2 is 2.35 bits per heavy atom. The highest BCUT2D eigenvalue weighted by Gasteiger charge is 2.17. The molecule has 0 radical (unpaired) electrons. The summed E-state index contributed by atoms with van der Waals surface area (Å²) in [7, 11) is 1.58. The number of hydrazine groups is 1. The van der Waals surface area contributed by atoms with Gasteiger partial charge in [-0.15, -0.1) is 11.3 Å². The molecule has 0 spiro atoms. The fraction of sp³-hybridized carbons (Fsp3) is 0.600. The normalized spacial score (nSPS) is 10.9. The summed E-state index contributed by atoms with van der Waals surface area (Å²) >= 11 is 3.16. The van der Waals surface area contributed by atoms with Crippen molar-refractivity contribution >= 4 is 29.0 Å². The number of aromatic nitrogens is 1. The molecule has 1 rings (SSSR count). The van der Waals surface area contributed by atoms with E-state index in [-0.39, 0.29) is 5.91 Å². The molecule has 0 aliphatic carbocycles. The lowest BCUT2D eigenvalue weighted by Gasteiger charge is -2.00. The van der Waals surface area contributed by atoms with Gasteiger partial charge in [0.05, 0.1) is 12.3 Å². The number of nitrogens with zero attached hydrogens (tertiary/aromatic N) is 1. The molecule has 0 bridgehead atoms. The molecule has 3 N–H and O–H groups in total. The fourth-order valence-electron chi connectivity index (χ4n) is 1.18. The monoisotopic (exact) mass is 275 g/mol. The van der Waals surface area contributed by atoms with Gasteiger partial charge in [0.1, 0.15) is 9.88 Å². The Morgan fingerprint density at radius 1 is 1.65 bits per heavy atom. The van der Waals surface area contributed by atoms with Gasteiger partial charge in [-0.25, -0.2) is 10.8 Å². The Morgan fingerprint density at radius 3 is 2.88 bits per heavy atom. The summed E-state index contributed by atoms with van der Waals surface area (Å²) in [6.45, 7) is 4.58. The van der Waals surface area contributed by atoms with E-state index < -0.39 is 0 Å². The number of amides is 1. The van der Waals surface area contributed by atoms with Gasteiger partial charge in [-0.1, -0.05) is 13.8 Å². The van der Waals surface area contributed by atoms with Crippen LogP contribution < -0.4 is 11.3 Å². The van der Waals surface area contributed by atoms with Crippen LogP contribution in [0, 0.1) is 0 Å². The molecule has 0 aliphatic heterocycles. The quantitative estimate of drug-likeness (QED) is 0.468. The van der Waals surface area contributed by atoms with Gasteiger partial charge in [0.15, 0.2) is 0 Å². The Labute approximate surface area is 109 Å². The first kappa shape index (κ1) is 14.4. The molecular weight excluding hydrogens is 258 g/mol. The zero-order valence-corrected chi connectivity index (χ0v) is 11.8. The van der Waals surface area contributed by atoms with Crippen LogP contribution in [0.5, 0.6) is 0 Å². The Hall–Kier alpha value is -0.630. The van der Waals surface area contributed by atoms with Gasteiger partial charge in [-0.3, -0.25) is 10.2 Å². The highest BCUT2D eigenvalue weighted by molar-refractivity contribution is 7.99. The van der Waals surface area contributed by atoms with Gasteiger partial charge in [-0.2, -0.15) is 11.8 Å². The minimum Gasteiger partial charge on any atom is -0.378 e. The van der Waals surface area contributed by atoms with Crippen molar-refractivity contribution in [3.63, 3.8) is 0 Å². The van der Waals surface area contributed by atoms with Crippen LogP contribution in [-0.4, -0.2) is 23.3 Å². The van der Waals surface area contributed by atoms with Crippen LogP contribution in [0.25, 0.3) is 0 Å². The number of nitrogens with two attached hydrogens (primary N) is 1. The maximum absolute atomic E-state index is 11.5.